The first-order valence-corrected chi connectivity index (χ1v) is 10.1. The van der Waals surface area contributed by atoms with Crippen molar-refractivity contribution in [2.24, 2.45) is 10.9 Å². The second-order valence-electron chi connectivity index (χ2n) is 7.54. The Labute approximate surface area is 165 Å². The summed E-state index contributed by atoms with van der Waals surface area (Å²) in [5.74, 6) is 2.34. The highest BCUT2D eigenvalue weighted by Gasteiger charge is 2.25. The van der Waals surface area contributed by atoms with Crippen LogP contribution in [-0.2, 0) is 6.54 Å². The molecule has 0 aliphatic carbocycles. The van der Waals surface area contributed by atoms with Crippen molar-refractivity contribution < 1.29 is 4.74 Å². The maximum Gasteiger partial charge on any atom is 0.191 e. The molecular weight excluding hydrogens is 338 g/mol. The van der Waals surface area contributed by atoms with Crippen molar-refractivity contribution >= 4 is 5.96 Å². The molecule has 0 radical (unpaired) electrons. The van der Waals surface area contributed by atoms with Crippen LogP contribution in [0.3, 0.4) is 0 Å². The van der Waals surface area contributed by atoms with Crippen molar-refractivity contribution in [3.63, 3.8) is 0 Å². The number of para-hydroxylation sites is 1. The Morgan fingerprint density at radius 3 is 2.48 bits per heavy atom. The molecule has 0 spiro atoms. The molecule has 1 aromatic rings. The van der Waals surface area contributed by atoms with E-state index in [-0.39, 0.29) is 0 Å². The molecule has 1 atom stereocenters. The van der Waals surface area contributed by atoms with Gasteiger partial charge in [0.25, 0.3) is 0 Å². The lowest BCUT2D eigenvalue weighted by Crippen LogP contribution is -2.55. The Kier molecular flexibility index (Phi) is 8.88. The second kappa shape index (κ2) is 11.1. The fraction of sp³-hybridized carbons (Fsp3) is 0.667. The Bertz CT molecular complexity index is 582. The van der Waals surface area contributed by atoms with Crippen molar-refractivity contribution in [2.75, 3.05) is 53.4 Å². The van der Waals surface area contributed by atoms with E-state index in [4.69, 9.17) is 9.73 Å². The van der Waals surface area contributed by atoms with E-state index in [1.807, 2.05) is 18.2 Å². The predicted octanol–water partition coefficient (Wildman–Crippen LogP) is 2.02. The van der Waals surface area contributed by atoms with E-state index in [1.54, 1.807) is 7.11 Å². The number of rotatable bonds is 8. The van der Waals surface area contributed by atoms with Gasteiger partial charge >= 0.3 is 0 Å². The molecule has 152 valence electrons. The zero-order valence-electron chi connectivity index (χ0n) is 17.7. The summed E-state index contributed by atoms with van der Waals surface area (Å²) in [7, 11) is 3.91. The summed E-state index contributed by atoms with van der Waals surface area (Å²) in [6.07, 6.45) is 0. The first-order chi connectivity index (χ1) is 13.0. The standard InChI is InChI=1S/C21H37N5O/c1-6-22-21(23-15-18-9-7-8-10-20(18)27-5)24-16-19(17(2)3)26-13-11-25(4)12-14-26/h7-10,17,19H,6,11-16H2,1-5H3,(H2,22,23,24). The largest absolute Gasteiger partial charge is 0.496 e. The van der Waals surface area contributed by atoms with E-state index in [9.17, 15) is 0 Å². The van der Waals surface area contributed by atoms with Gasteiger partial charge in [-0.2, -0.15) is 0 Å². The maximum absolute atomic E-state index is 5.43. The minimum absolute atomic E-state index is 0.508. The van der Waals surface area contributed by atoms with Gasteiger partial charge in [-0.25, -0.2) is 4.99 Å². The van der Waals surface area contributed by atoms with Crippen LogP contribution in [0.5, 0.6) is 5.75 Å². The van der Waals surface area contributed by atoms with E-state index in [0.717, 1.165) is 56.5 Å². The molecule has 1 saturated heterocycles. The molecule has 6 nitrogen and oxygen atoms in total. The molecule has 6 heteroatoms. The van der Waals surface area contributed by atoms with E-state index < -0.39 is 0 Å². The van der Waals surface area contributed by atoms with Gasteiger partial charge in [0.2, 0.25) is 0 Å². The van der Waals surface area contributed by atoms with Gasteiger partial charge in [-0.1, -0.05) is 32.0 Å². The number of hydrogen-bond donors (Lipinski definition) is 2. The first-order valence-electron chi connectivity index (χ1n) is 10.1. The summed E-state index contributed by atoms with van der Waals surface area (Å²) in [6, 6.07) is 8.56. The summed E-state index contributed by atoms with van der Waals surface area (Å²) in [6.45, 7) is 13.6. The van der Waals surface area contributed by atoms with Crippen LogP contribution in [0.4, 0.5) is 0 Å². The molecule has 1 aromatic carbocycles. The molecule has 0 saturated carbocycles. The number of nitrogens with one attached hydrogen (secondary N) is 2. The highest BCUT2D eigenvalue weighted by Crippen LogP contribution is 2.18. The second-order valence-corrected chi connectivity index (χ2v) is 7.54. The number of piperazine rings is 1. The summed E-state index contributed by atoms with van der Waals surface area (Å²) in [5.41, 5.74) is 1.09. The lowest BCUT2D eigenvalue weighted by molar-refractivity contribution is 0.0900. The highest BCUT2D eigenvalue weighted by molar-refractivity contribution is 5.79. The van der Waals surface area contributed by atoms with Crippen LogP contribution in [0.2, 0.25) is 0 Å². The third-order valence-electron chi connectivity index (χ3n) is 5.20. The van der Waals surface area contributed by atoms with Crippen LogP contribution in [-0.4, -0.2) is 75.2 Å². The molecule has 1 heterocycles. The van der Waals surface area contributed by atoms with Gasteiger partial charge in [-0.15, -0.1) is 0 Å². The number of hydrogen-bond acceptors (Lipinski definition) is 4. The topological polar surface area (TPSA) is 52.1 Å². The molecule has 0 amide bonds. The van der Waals surface area contributed by atoms with Crippen molar-refractivity contribution in [3.05, 3.63) is 29.8 Å². The van der Waals surface area contributed by atoms with Crippen LogP contribution in [0, 0.1) is 5.92 Å². The summed E-state index contributed by atoms with van der Waals surface area (Å²) < 4.78 is 5.43. The van der Waals surface area contributed by atoms with Crippen LogP contribution in [0.1, 0.15) is 26.3 Å². The third kappa shape index (κ3) is 6.70. The quantitative estimate of drug-likeness (QED) is 0.538. The Hall–Kier alpha value is -1.79. The molecule has 1 aliphatic rings. The Morgan fingerprint density at radius 1 is 1.15 bits per heavy atom. The van der Waals surface area contributed by atoms with Gasteiger partial charge < -0.3 is 20.3 Å². The normalized spacial score (nSPS) is 17.8. The van der Waals surface area contributed by atoms with Crippen molar-refractivity contribution in [1.82, 2.24) is 20.4 Å². The van der Waals surface area contributed by atoms with Crippen LogP contribution < -0.4 is 15.4 Å². The summed E-state index contributed by atoms with van der Waals surface area (Å²) in [4.78, 5) is 9.78. The van der Waals surface area contributed by atoms with Crippen LogP contribution >= 0.6 is 0 Å². The maximum atomic E-state index is 5.43. The number of methoxy groups -OCH3 is 1. The molecule has 2 N–H and O–H groups in total. The first kappa shape index (κ1) is 21.5. The van der Waals surface area contributed by atoms with Crippen LogP contribution in [0.15, 0.2) is 29.3 Å². The van der Waals surface area contributed by atoms with E-state index in [1.165, 1.54) is 0 Å². The number of nitrogens with zero attached hydrogens (tertiary/aromatic N) is 3. The van der Waals surface area contributed by atoms with Crippen LogP contribution in [0.25, 0.3) is 0 Å². The van der Waals surface area contributed by atoms with Crippen molar-refractivity contribution in [3.8, 4) is 5.75 Å². The minimum atomic E-state index is 0.508. The third-order valence-corrected chi connectivity index (χ3v) is 5.20. The lowest BCUT2D eigenvalue weighted by Gasteiger charge is -2.40. The predicted molar refractivity (Wildman–Crippen MR) is 114 cm³/mol. The zero-order valence-corrected chi connectivity index (χ0v) is 17.7. The van der Waals surface area contributed by atoms with Gasteiger partial charge in [-0.05, 0) is 26.0 Å². The Balaban J connectivity index is 1.98. The van der Waals surface area contributed by atoms with Gasteiger partial charge in [-0.3, -0.25) is 4.90 Å². The molecule has 0 aromatic heterocycles. The summed E-state index contributed by atoms with van der Waals surface area (Å²) in [5, 5.41) is 6.93. The molecule has 1 fully saturated rings. The van der Waals surface area contributed by atoms with E-state index in [2.05, 4.69) is 54.3 Å². The van der Waals surface area contributed by atoms with E-state index >= 15 is 0 Å². The fourth-order valence-corrected chi connectivity index (χ4v) is 3.48. The summed E-state index contributed by atoms with van der Waals surface area (Å²) >= 11 is 0. The zero-order chi connectivity index (χ0) is 19.6. The highest BCUT2D eigenvalue weighted by atomic mass is 16.5. The molecule has 27 heavy (non-hydrogen) atoms. The molecule has 0 bridgehead atoms. The number of ether oxygens (including phenoxy) is 1. The van der Waals surface area contributed by atoms with Gasteiger partial charge in [0, 0.05) is 50.9 Å². The SMILES string of the molecule is CCNC(=NCc1ccccc1OC)NCC(C(C)C)N1CCN(C)CC1. The fourth-order valence-electron chi connectivity index (χ4n) is 3.48. The number of guanidine groups is 1. The monoisotopic (exact) mass is 375 g/mol. The van der Waals surface area contributed by atoms with Crippen molar-refractivity contribution in [1.29, 1.82) is 0 Å². The number of likely N-dealkylation sites (N-methyl/N-ethyl adjacent to an activating group) is 1. The average molecular weight is 376 g/mol. The number of benzene rings is 1. The number of aliphatic imine (C=N–C) groups is 1. The van der Waals surface area contributed by atoms with Gasteiger partial charge in [0.15, 0.2) is 5.96 Å². The molecular formula is C21H37N5O. The molecule has 1 aliphatic heterocycles. The molecule has 2 rings (SSSR count). The Morgan fingerprint density at radius 2 is 1.85 bits per heavy atom. The molecule has 1 unspecified atom stereocenters. The average Bonchev–Trinajstić information content (AvgIpc) is 2.67. The van der Waals surface area contributed by atoms with E-state index in [0.29, 0.717) is 18.5 Å². The lowest BCUT2D eigenvalue weighted by atomic mass is 10.0. The van der Waals surface area contributed by atoms with Gasteiger partial charge in [0.05, 0.1) is 13.7 Å². The minimum Gasteiger partial charge on any atom is -0.496 e. The smallest absolute Gasteiger partial charge is 0.191 e. The van der Waals surface area contributed by atoms with Gasteiger partial charge in [0.1, 0.15) is 5.75 Å². The van der Waals surface area contributed by atoms with Crippen molar-refractivity contribution in [2.45, 2.75) is 33.4 Å².